The van der Waals surface area contributed by atoms with E-state index in [1.54, 1.807) is 20.8 Å². The van der Waals surface area contributed by atoms with Crippen LogP contribution < -0.4 is 43.0 Å². The number of ether oxygens (including phenoxy) is 6. The van der Waals surface area contributed by atoms with Crippen molar-refractivity contribution in [2.45, 2.75) is 303 Å². The number of unbranched alkanes of at least 4 members (excludes halogenated alkanes) is 2. The van der Waals surface area contributed by atoms with E-state index in [9.17, 15) is 57.5 Å². The Kier molecular flexibility index (Phi) is 50.5. The Bertz CT molecular complexity index is 3580. The lowest BCUT2D eigenvalue weighted by atomic mass is 9.79. The molecule has 2 aromatic heterocycles. The Labute approximate surface area is 706 Å². The molecule has 33 heteroatoms. The minimum Gasteiger partial charge on any atom is -0.462 e. The monoisotopic (exact) mass is 1720 g/mol. The Morgan fingerprint density at radius 1 is 0.466 bits per heavy atom. The third-order valence-electron chi connectivity index (χ3n) is 19.6. The number of carbonyl (C=O) groups excluding carboxylic acids is 10. The molecule has 5 unspecified atom stereocenters. The molecular weight excluding hydrogens is 1570 g/mol. The van der Waals surface area contributed by atoms with Crippen LogP contribution in [0.3, 0.4) is 0 Å². The number of hydrogen-bond donors (Lipinski definition) is 8. The number of amides is 6. The second kappa shape index (κ2) is 55.1. The van der Waals surface area contributed by atoms with Gasteiger partial charge in [0.05, 0.1) is 0 Å². The second-order valence-corrected chi connectivity index (χ2v) is 49.3. The van der Waals surface area contributed by atoms with E-state index < -0.39 is 67.5 Å². The minimum absolute atomic E-state index is 0.00272. The Morgan fingerprint density at radius 2 is 0.873 bits per heavy atom. The Hall–Kier alpha value is -7.89. The summed E-state index contributed by atoms with van der Waals surface area (Å²) < 4.78 is 44.1. The van der Waals surface area contributed by atoms with Crippen molar-refractivity contribution in [2.75, 3.05) is 69.8 Å². The van der Waals surface area contributed by atoms with E-state index in [1.807, 2.05) is 6.92 Å². The number of nitrogens with one attached hydrogen (secondary N) is 8. The lowest BCUT2D eigenvalue weighted by molar-refractivity contribution is -0.150. The minimum atomic E-state index is -2.38. The van der Waals surface area contributed by atoms with Crippen LogP contribution in [0.4, 0.5) is 31.1 Å². The van der Waals surface area contributed by atoms with E-state index in [1.165, 1.54) is 12.1 Å². The van der Waals surface area contributed by atoms with Gasteiger partial charge >= 0.3 is 56.7 Å². The van der Waals surface area contributed by atoms with E-state index in [4.69, 9.17) is 36.7 Å². The molecule has 2 rings (SSSR count). The van der Waals surface area contributed by atoms with Crippen molar-refractivity contribution >= 4 is 96.8 Å². The van der Waals surface area contributed by atoms with E-state index in [0.29, 0.717) is 93.6 Å². The molecule has 0 aliphatic heterocycles. The number of nitrogens with zero attached hydrogens (tertiary/aromatic N) is 2. The maximum Gasteiger partial charge on any atom is 0.407 e. The summed E-state index contributed by atoms with van der Waals surface area (Å²) in [6, 6.07) is 3.81. The predicted molar refractivity (Wildman–Crippen MR) is 468 cm³/mol. The van der Waals surface area contributed by atoms with Crippen molar-refractivity contribution in [2.24, 2.45) is 45.3 Å². The van der Waals surface area contributed by atoms with Gasteiger partial charge in [0, 0.05) is 100 Å². The zero-order chi connectivity index (χ0) is 89.5. The van der Waals surface area contributed by atoms with E-state index >= 15 is 0 Å². The maximum atomic E-state index is 12.8. The maximum absolute atomic E-state index is 12.8. The quantitative estimate of drug-likeness (QED) is 0.0100. The van der Waals surface area contributed by atoms with Gasteiger partial charge in [-0.1, -0.05) is 116 Å². The first-order chi connectivity index (χ1) is 54.8. The molecule has 672 valence electrons. The second-order valence-electron chi connectivity index (χ2n) is 36.8. The number of H-pyrrole nitrogens is 2. The van der Waals surface area contributed by atoms with Gasteiger partial charge in [0.2, 0.25) is 11.9 Å². The molecule has 0 saturated heterocycles. The largest absolute Gasteiger partial charge is 0.462 e. The van der Waals surface area contributed by atoms with E-state index in [0.717, 1.165) is 114 Å². The first-order valence-electron chi connectivity index (χ1n) is 42.2. The molecule has 2 aromatic rings. The molecule has 0 bridgehead atoms. The summed E-state index contributed by atoms with van der Waals surface area (Å²) in [6.45, 7) is 52.1. The highest BCUT2D eigenvalue weighted by Crippen LogP contribution is 2.35. The number of aromatic amines is 2. The number of esters is 4. The highest BCUT2D eigenvalue weighted by molar-refractivity contribution is 6.87. The fourth-order valence-corrected chi connectivity index (χ4v) is 28.9. The SMILES string of the molecule is C=CC(=O)OCCOC(=O)CCC(C)(C)CC(C)CCNC(=O)OC(C)COC(=O)CCCC(C)(C)CC(C)CNC(=O)Nc1nc(C)cc(=O)[nH]1.C=CC(=O)OCCOC(=O)NCC(C)(C)CC(C)CCCC(=O)CCCC[Si](C)(C)O[Si](C)(C)O[Si](C)(C)CCCCC(=O)CCCC(C)(C)CC(C)CNC(=O)Nc1nc(C)cc(=O)[nH]1. The van der Waals surface area contributed by atoms with Gasteiger partial charge < -0.3 is 57.9 Å². The molecule has 6 amide bonds. The zero-order valence-corrected chi connectivity index (χ0v) is 78.5. The molecule has 0 spiro atoms. The summed E-state index contributed by atoms with van der Waals surface area (Å²) in [6.07, 6.45) is 16.7. The highest BCUT2D eigenvalue weighted by Gasteiger charge is 2.40. The van der Waals surface area contributed by atoms with Crippen LogP contribution in [0.5, 0.6) is 0 Å². The summed E-state index contributed by atoms with van der Waals surface area (Å²) in [7, 11) is -6.38. The summed E-state index contributed by atoms with van der Waals surface area (Å²) in [5.74, 6) is 0.0737. The summed E-state index contributed by atoms with van der Waals surface area (Å²) >= 11 is 0. The first kappa shape index (κ1) is 108. The van der Waals surface area contributed by atoms with E-state index in [2.05, 4.69) is 180 Å². The number of ketones is 2. The van der Waals surface area contributed by atoms with Crippen molar-refractivity contribution in [1.29, 1.82) is 0 Å². The van der Waals surface area contributed by atoms with Crippen molar-refractivity contribution in [3.8, 4) is 0 Å². The molecule has 2 heterocycles. The molecule has 118 heavy (non-hydrogen) atoms. The van der Waals surface area contributed by atoms with E-state index in [-0.39, 0.29) is 120 Å². The number of alkyl carbamates (subject to hydrolysis) is 2. The summed E-state index contributed by atoms with van der Waals surface area (Å²) in [4.78, 5) is 157. The topological polar surface area (TPSA) is 408 Å². The Balaban J connectivity index is 0.00000121. The molecule has 8 N–H and O–H groups in total. The molecule has 5 atom stereocenters. The molecule has 0 aliphatic rings. The van der Waals surface area contributed by atoms with Gasteiger partial charge in [0.15, 0.2) is 16.6 Å². The number of carbonyl (C=O) groups is 10. The first-order valence-corrected chi connectivity index (χ1v) is 51.3. The Morgan fingerprint density at radius 3 is 1.35 bits per heavy atom. The number of hydrogen-bond acceptors (Lipinski definition) is 22. The number of Topliss-reactive ketones (excluding diaryl/α,β-unsaturated/α-hetero) is 2. The van der Waals surface area contributed by atoms with Crippen molar-refractivity contribution < 1.29 is 84.6 Å². The number of aromatic nitrogens is 4. The lowest BCUT2D eigenvalue weighted by Crippen LogP contribution is -2.52. The third-order valence-corrected chi connectivity index (χ3v) is 31.1. The number of urea groups is 2. The van der Waals surface area contributed by atoms with Crippen LogP contribution in [0.15, 0.2) is 47.0 Å². The van der Waals surface area contributed by atoms with Crippen LogP contribution in [-0.2, 0) is 65.4 Å². The predicted octanol–water partition coefficient (Wildman–Crippen LogP) is 16.3. The van der Waals surface area contributed by atoms with Crippen molar-refractivity contribution in [1.82, 2.24) is 41.2 Å². The van der Waals surface area contributed by atoms with Gasteiger partial charge in [0.25, 0.3) is 11.1 Å². The smallest absolute Gasteiger partial charge is 0.407 e. The number of aryl methyl sites for hydroxylation is 2. The molecule has 0 aliphatic carbocycles. The summed E-state index contributed by atoms with van der Waals surface area (Å²) in [5, 5.41) is 16.3. The van der Waals surface area contributed by atoms with Crippen molar-refractivity contribution in [3.63, 3.8) is 0 Å². The number of rotatable bonds is 59. The zero-order valence-electron chi connectivity index (χ0n) is 75.5. The van der Waals surface area contributed by atoms with Crippen molar-refractivity contribution in [3.05, 3.63) is 69.5 Å². The van der Waals surface area contributed by atoms with Crippen LogP contribution in [0.25, 0.3) is 0 Å². The van der Waals surface area contributed by atoms with Crippen LogP contribution in [-0.4, -0.2) is 170 Å². The lowest BCUT2D eigenvalue weighted by Gasteiger charge is -2.39. The van der Waals surface area contributed by atoms with Gasteiger partial charge in [-0.15, -0.1) is 0 Å². The van der Waals surface area contributed by atoms with Gasteiger partial charge in [-0.2, -0.15) is 0 Å². The van der Waals surface area contributed by atoms with Gasteiger partial charge in [-0.25, -0.2) is 38.7 Å². The van der Waals surface area contributed by atoms with Crippen LogP contribution in [0.1, 0.15) is 243 Å². The highest BCUT2D eigenvalue weighted by atomic mass is 28.5. The molecule has 0 radical (unpaired) electrons. The summed E-state index contributed by atoms with van der Waals surface area (Å²) in [5.41, 5.74) is 0.0462. The average molecular weight is 1720 g/mol. The molecule has 0 fully saturated rings. The molecule has 0 saturated carbocycles. The standard InChI is InChI=1S/C48H89N5O10Si3.C37H61N5O10/c1-15-43(57)60-28-29-61-46(59)50-36-48(7,8)33-37(2)22-20-25-40(54)23-16-18-30-64(9,10)62-66(13,14)63-65(11,12)31-19-17-24-41(55)26-21-27-47(5,6)34-38(3)35-49-45(58)53-44-51-39(4)32-42(56)52-44;1-10-30(44)49-18-19-50-32(46)13-16-37(8,9)21-25(2)14-17-38-35(48)52-28(5)24-51-31(45)12-11-15-36(6,7)22-26(3)23-39-34(47)42-33-40-27(4)20-29(43)41-33/h15,32,37-38H,1,16-31,33-36H2,2-14H3,(H,50,59)(H3,49,51,52,53,56,58);10,20,25-26,28H,1,11-19,21-24H2,2-9H3,(H,38,48)(H3,39,40,41,42,43,47). The average Bonchev–Trinajstić information content (AvgIpc) is 0.955. The molecule has 30 nitrogen and oxygen atoms in total. The molecular formula is C85H150N10O20Si3. The fourth-order valence-electron chi connectivity index (χ4n) is 14.7. The normalized spacial score (nSPS) is 13.3. The third kappa shape index (κ3) is 57.3. The van der Waals surface area contributed by atoms with Crippen LogP contribution in [0, 0.1) is 59.2 Å². The fraction of sp³-hybridized carbons (Fsp3) is 0.741. The van der Waals surface area contributed by atoms with Crippen LogP contribution >= 0.6 is 0 Å². The van der Waals surface area contributed by atoms with Gasteiger partial charge in [0.1, 0.15) is 50.7 Å². The van der Waals surface area contributed by atoms with Crippen LogP contribution in [0.2, 0.25) is 51.4 Å². The van der Waals surface area contributed by atoms with Gasteiger partial charge in [-0.05, 0) is 201 Å². The van der Waals surface area contributed by atoms with Gasteiger partial charge in [-0.3, -0.25) is 49.4 Å². The molecule has 0 aromatic carbocycles. The number of anilines is 2.